The standard InChI is InChI=1S/C16H21N7O2/c17-15-21-12(8-14(25)22-15)7-13(24)20-9-11-3-1-6-23(10-11)16-18-4-2-5-19-16/h2,4-5,8,11H,1,3,6-7,9-10H2,(H,20,24)(H3,17,21,22,25). The van der Waals surface area contributed by atoms with Gasteiger partial charge in [0, 0.05) is 38.1 Å². The second kappa shape index (κ2) is 7.73. The van der Waals surface area contributed by atoms with E-state index in [2.05, 4.69) is 30.2 Å². The number of amides is 1. The van der Waals surface area contributed by atoms with Gasteiger partial charge in [-0.05, 0) is 24.8 Å². The van der Waals surface area contributed by atoms with Crippen molar-refractivity contribution in [3.05, 3.63) is 40.6 Å². The number of rotatable bonds is 5. The summed E-state index contributed by atoms with van der Waals surface area (Å²) in [5.41, 5.74) is 5.48. The Bertz CT molecular complexity index is 778. The molecule has 1 fully saturated rings. The fraction of sp³-hybridized carbons (Fsp3) is 0.438. The van der Waals surface area contributed by atoms with Crippen molar-refractivity contribution in [3.8, 4) is 0 Å². The molecule has 2 aromatic heterocycles. The first kappa shape index (κ1) is 16.9. The highest BCUT2D eigenvalue weighted by molar-refractivity contribution is 5.78. The van der Waals surface area contributed by atoms with Crippen LogP contribution in [-0.2, 0) is 11.2 Å². The normalized spacial score (nSPS) is 17.3. The zero-order valence-corrected chi connectivity index (χ0v) is 13.8. The molecule has 4 N–H and O–H groups in total. The highest BCUT2D eigenvalue weighted by Gasteiger charge is 2.22. The van der Waals surface area contributed by atoms with Crippen LogP contribution in [0.4, 0.5) is 11.9 Å². The summed E-state index contributed by atoms with van der Waals surface area (Å²) in [6.07, 6.45) is 5.57. The van der Waals surface area contributed by atoms with Crippen LogP contribution < -0.4 is 21.5 Å². The molecule has 0 aliphatic carbocycles. The largest absolute Gasteiger partial charge is 0.369 e. The minimum Gasteiger partial charge on any atom is -0.369 e. The van der Waals surface area contributed by atoms with Crippen LogP contribution in [0, 0.1) is 5.92 Å². The summed E-state index contributed by atoms with van der Waals surface area (Å²) >= 11 is 0. The fourth-order valence-electron chi connectivity index (χ4n) is 2.97. The van der Waals surface area contributed by atoms with Crippen LogP contribution >= 0.6 is 0 Å². The number of hydrogen-bond donors (Lipinski definition) is 3. The van der Waals surface area contributed by atoms with E-state index < -0.39 is 0 Å². The molecule has 1 saturated heterocycles. The predicted molar refractivity (Wildman–Crippen MR) is 93.0 cm³/mol. The van der Waals surface area contributed by atoms with Crippen LogP contribution in [-0.4, -0.2) is 45.5 Å². The third-order valence-corrected chi connectivity index (χ3v) is 4.10. The van der Waals surface area contributed by atoms with Gasteiger partial charge >= 0.3 is 0 Å². The van der Waals surface area contributed by atoms with Crippen molar-refractivity contribution >= 4 is 17.8 Å². The topological polar surface area (TPSA) is 130 Å². The van der Waals surface area contributed by atoms with E-state index in [0.29, 0.717) is 18.2 Å². The maximum atomic E-state index is 12.1. The molecule has 9 heteroatoms. The van der Waals surface area contributed by atoms with Gasteiger partial charge in [-0.25, -0.2) is 15.0 Å². The molecule has 132 valence electrons. The number of aromatic nitrogens is 4. The SMILES string of the molecule is Nc1nc(CC(=O)NCC2CCCN(c3ncccn3)C2)cc(=O)[nH]1. The summed E-state index contributed by atoms with van der Waals surface area (Å²) < 4.78 is 0. The first-order chi connectivity index (χ1) is 12.1. The lowest BCUT2D eigenvalue weighted by Gasteiger charge is -2.32. The quantitative estimate of drug-likeness (QED) is 0.680. The zero-order valence-electron chi connectivity index (χ0n) is 13.8. The molecule has 1 amide bonds. The molecule has 3 rings (SSSR count). The maximum Gasteiger partial charge on any atom is 0.252 e. The van der Waals surface area contributed by atoms with E-state index in [9.17, 15) is 9.59 Å². The zero-order chi connectivity index (χ0) is 17.6. The minimum atomic E-state index is -0.360. The molecule has 0 spiro atoms. The van der Waals surface area contributed by atoms with Crippen molar-refractivity contribution in [1.29, 1.82) is 0 Å². The van der Waals surface area contributed by atoms with E-state index in [-0.39, 0.29) is 23.8 Å². The predicted octanol–water partition coefficient (Wildman–Crippen LogP) is -0.283. The van der Waals surface area contributed by atoms with Gasteiger partial charge in [0.1, 0.15) is 0 Å². The fourth-order valence-corrected chi connectivity index (χ4v) is 2.97. The third kappa shape index (κ3) is 4.75. The molecule has 1 aliphatic rings. The summed E-state index contributed by atoms with van der Waals surface area (Å²) in [5, 5.41) is 2.91. The summed E-state index contributed by atoms with van der Waals surface area (Å²) in [6, 6.07) is 3.08. The summed E-state index contributed by atoms with van der Waals surface area (Å²) in [5.74, 6) is 0.895. The van der Waals surface area contributed by atoms with Crippen LogP contribution in [0.5, 0.6) is 0 Å². The van der Waals surface area contributed by atoms with Gasteiger partial charge in [0.05, 0.1) is 12.1 Å². The molecule has 0 saturated carbocycles. The summed E-state index contributed by atoms with van der Waals surface area (Å²) in [4.78, 5) is 40.4. The minimum absolute atomic E-state index is 0.0149. The molecule has 0 aromatic carbocycles. The van der Waals surface area contributed by atoms with Gasteiger partial charge in [0.2, 0.25) is 17.8 Å². The van der Waals surface area contributed by atoms with E-state index >= 15 is 0 Å². The highest BCUT2D eigenvalue weighted by atomic mass is 16.1. The lowest BCUT2D eigenvalue weighted by atomic mass is 9.98. The monoisotopic (exact) mass is 343 g/mol. The lowest BCUT2D eigenvalue weighted by Crippen LogP contribution is -2.42. The Morgan fingerprint density at radius 3 is 2.96 bits per heavy atom. The van der Waals surface area contributed by atoms with Gasteiger partial charge in [-0.15, -0.1) is 0 Å². The average Bonchev–Trinajstić information content (AvgIpc) is 2.60. The van der Waals surface area contributed by atoms with Crippen molar-refractivity contribution in [3.63, 3.8) is 0 Å². The van der Waals surface area contributed by atoms with Gasteiger partial charge in [0.15, 0.2) is 0 Å². The Morgan fingerprint density at radius 2 is 2.20 bits per heavy atom. The maximum absolute atomic E-state index is 12.1. The number of nitrogens with one attached hydrogen (secondary N) is 2. The van der Waals surface area contributed by atoms with E-state index in [1.807, 2.05) is 0 Å². The second-order valence-corrected chi connectivity index (χ2v) is 6.11. The van der Waals surface area contributed by atoms with Crippen molar-refractivity contribution in [2.75, 3.05) is 30.3 Å². The van der Waals surface area contributed by atoms with Crippen molar-refractivity contribution in [2.45, 2.75) is 19.3 Å². The number of carbonyl (C=O) groups excluding carboxylic acids is 1. The second-order valence-electron chi connectivity index (χ2n) is 6.11. The van der Waals surface area contributed by atoms with Crippen LogP contribution in [0.3, 0.4) is 0 Å². The first-order valence-electron chi connectivity index (χ1n) is 8.24. The van der Waals surface area contributed by atoms with Crippen LogP contribution in [0.15, 0.2) is 29.3 Å². The molecule has 0 bridgehead atoms. The smallest absolute Gasteiger partial charge is 0.252 e. The van der Waals surface area contributed by atoms with Gasteiger partial charge in [0.25, 0.3) is 5.56 Å². The van der Waals surface area contributed by atoms with Crippen LogP contribution in [0.25, 0.3) is 0 Å². The average molecular weight is 343 g/mol. The first-order valence-corrected chi connectivity index (χ1v) is 8.24. The molecule has 9 nitrogen and oxygen atoms in total. The molecule has 1 atom stereocenters. The van der Waals surface area contributed by atoms with Crippen LogP contribution in [0.2, 0.25) is 0 Å². The number of nitrogen functional groups attached to an aromatic ring is 1. The van der Waals surface area contributed by atoms with Gasteiger partial charge in [-0.1, -0.05) is 0 Å². The number of H-pyrrole nitrogens is 1. The summed E-state index contributed by atoms with van der Waals surface area (Å²) in [6.45, 7) is 2.30. The Balaban J connectivity index is 1.51. The molecular formula is C16H21N7O2. The molecule has 3 heterocycles. The van der Waals surface area contributed by atoms with E-state index in [4.69, 9.17) is 5.73 Å². The van der Waals surface area contributed by atoms with Gasteiger partial charge < -0.3 is 16.0 Å². The van der Waals surface area contributed by atoms with Crippen molar-refractivity contribution in [1.82, 2.24) is 25.3 Å². The number of aromatic amines is 1. The molecular weight excluding hydrogens is 322 g/mol. The number of piperidine rings is 1. The lowest BCUT2D eigenvalue weighted by molar-refractivity contribution is -0.120. The molecule has 25 heavy (non-hydrogen) atoms. The third-order valence-electron chi connectivity index (χ3n) is 4.10. The molecule has 0 radical (unpaired) electrons. The number of carbonyl (C=O) groups is 1. The Kier molecular flexibility index (Phi) is 5.22. The Hall–Kier alpha value is -2.97. The van der Waals surface area contributed by atoms with Crippen molar-refractivity contribution in [2.24, 2.45) is 5.92 Å². The summed E-state index contributed by atoms with van der Waals surface area (Å²) in [7, 11) is 0. The molecule has 1 aliphatic heterocycles. The number of nitrogens with two attached hydrogens (primary N) is 1. The Labute approximate surface area is 144 Å². The van der Waals surface area contributed by atoms with E-state index in [0.717, 1.165) is 31.9 Å². The van der Waals surface area contributed by atoms with Crippen LogP contribution in [0.1, 0.15) is 18.5 Å². The van der Waals surface area contributed by atoms with E-state index in [1.54, 1.807) is 18.5 Å². The van der Waals surface area contributed by atoms with E-state index in [1.165, 1.54) is 6.07 Å². The number of hydrogen-bond acceptors (Lipinski definition) is 7. The molecule has 2 aromatic rings. The number of nitrogens with zero attached hydrogens (tertiary/aromatic N) is 4. The Morgan fingerprint density at radius 1 is 1.40 bits per heavy atom. The van der Waals surface area contributed by atoms with Crippen molar-refractivity contribution < 1.29 is 4.79 Å². The highest BCUT2D eigenvalue weighted by Crippen LogP contribution is 2.19. The van der Waals surface area contributed by atoms with Gasteiger partial charge in [-0.3, -0.25) is 14.6 Å². The molecule has 1 unspecified atom stereocenters. The number of anilines is 2. The van der Waals surface area contributed by atoms with Gasteiger partial charge in [-0.2, -0.15) is 0 Å².